The van der Waals surface area contributed by atoms with E-state index in [2.05, 4.69) is 56.1 Å². The summed E-state index contributed by atoms with van der Waals surface area (Å²) in [5.74, 6) is 0. The Balaban J connectivity index is 2.26. The summed E-state index contributed by atoms with van der Waals surface area (Å²) in [6, 6.07) is 6.72. The summed E-state index contributed by atoms with van der Waals surface area (Å²) in [5, 5.41) is 3.51. The molecule has 2 aliphatic rings. The van der Waals surface area contributed by atoms with Crippen LogP contribution in [0.3, 0.4) is 0 Å². The molecule has 1 aromatic carbocycles. The summed E-state index contributed by atoms with van der Waals surface area (Å²) < 4.78 is 0. The van der Waals surface area contributed by atoms with E-state index in [-0.39, 0.29) is 11.1 Å². The quantitative estimate of drug-likeness (QED) is 0.709. The summed E-state index contributed by atoms with van der Waals surface area (Å²) in [7, 11) is 0. The number of nitrogens with one attached hydrogen (secondary N) is 1. The van der Waals surface area contributed by atoms with Crippen molar-refractivity contribution in [3.8, 4) is 0 Å². The molecule has 1 saturated heterocycles. The molecule has 0 aliphatic carbocycles. The topological polar surface area (TPSA) is 15.3 Å². The van der Waals surface area contributed by atoms with Gasteiger partial charge in [-0.15, -0.1) is 0 Å². The van der Waals surface area contributed by atoms with Gasteiger partial charge in [0.2, 0.25) is 0 Å². The van der Waals surface area contributed by atoms with E-state index in [0.29, 0.717) is 0 Å². The van der Waals surface area contributed by atoms with E-state index in [1.54, 1.807) is 0 Å². The molecular formula is C14H18N2S. The monoisotopic (exact) mass is 246 g/mol. The average Bonchev–Trinajstić information content (AvgIpc) is 2.61. The van der Waals surface area contributed by atoms with Gasteiger partial charge in [-0.25, -0.2) is 0 Å². The summed E-state index contributed by atoms with van der Waals surface area (Å²) >= 11 is 5.35. The largest absolute Gasteiger partial charge is 0.355 e. The second kappa shape index (κ2) is 3.02. The molecular weight excluding hydrogens is 228 g/mol. The van der Waals surface area contributed by atoms with Crippen LogP contribution in [0.5, 0.6) is 0 Å². The van der Waals surface area contributed by atoms with Crippen LogP contribution < -0.4 is 10.2 Å². The fourth-order valence-electron chi connectivity index (χ4n) is 3.15. The number of rotatable bonds is 0. The van der Waals surface area contributed by atoms with Gasteiger partial charge in [0.15, 0.2) is 0 Å². The summed E-state index contributed by atoms with van der Waals surface area (Å²) in [4.78, 5) is 3.36. The van der Waals surface area contributed by atoms with E-state index >= 15 is 0 Å². The Morgan fingerprint density at radius 2 is 2.00 bits per heavy atom. The minimum atomic E-state index is -0.0831. The lowest BCUT2D eigenvalue weighted by Gasteiger charge is -2.40. The lowest BCUT2D eigenvalue weighted by molar-refractivity contribution is 0.287. The Bertz CT molecular complexity index is 521. The molecule has 2 heterocycles. The molecule has 1 N–H and O–H groups in total. The first-order valence-electron chi connectivity index (χ1n) is 6.06. The molecule has 0 aromatic heterocycles. The Morgan fingerprint density at radius 1 is 1.29 bits per heavy atom. The Hall–Kier alpha value is -1.09. The van der Waals surface area contributed by atoms with Crippen molar-refractivity contribution in [1.82, 2.24) is 5.32 Å². The molecule has 3 rings (SSSR count). The minimum Gasteiger partial charge on any atom is -0.355 e. The number of anilines is 1. The molecule has 0 saturated carbocycles. The molecule has 1 unspecified atom stereocenters. The van der Waals surface area contributed by atoms with Crippen LogP contribution in [0.25, 0.3) is 0 Å². The summed E-state index contributed by atoms with van der Waals surface area (Å²) in [5.41, 5.74) is 4.06. The van der Waals surface area contributed by atoms with Crippen molar-refractivity contribution in [2.75, 3.05) is 11.4 Å². The molecule has 1 aromatic rings. The first kappa shape index (κ1) is 11.0. The number of fused-ring (bicyclic) bond motifs is 3. The van der Waals surface area contributed by atoms with Gasteiger partial charge in [-0.1, -0.05) is 43.8 Å². The van der Waals surface area contributed by atoms with Crippen molar-refractivity contribution in [3.05, 3.63) is 29.3 Å². The number of nitrogens with zero attached hydrogens (tertiary/aromatic N) is 1. The SMILES string of the molecule is Cc1ccc2c(c1)C(C)(C)C1(C)NC(=S)CN21. The van der Waals surface area contributed by atoms with E-state index in [1.807, 2.05) is 0 Å². The molecule has 0 radical (unpaired) electrons. The highest BCUT2D eigenvalue weighted by Gasteiger charge is 2.57. The van der Waals surface area contributed by atoms with Crippen LogP contribution in [-0.4, -0.2) is 17.2 Å². The van der Waals surface area contributed by atoms with Crippen molar-refractivity contribution in [1.29, 1.82) is 0 Å². The van der Waals surface area contributed by atoms with Crippen LogP contribution in [-0.2, 0) is 5.41 Å². The van der Waals surface area contributed by atoms with Crippen molar-refractivity contribution in [2.45, 2.75) is 38.8 Å². The van der Waals surface area contributed by atoms with Gasteiger partial charge in [0, 0.05) is 11.1 Å². The van der Waals surface area contributed by atoms with Crippen LogP contribution in [0.1, 0.15) is 31.9 Å². The van der Waals surface area contributed by atoms with Gasteiger partial charge in [0.05, 0.1) is 11.5 Å². The minimum absolute atomic E-state index is 0.0644. The van der Waals surface area contributed by atoms with E-state index in [4.69, 9.17) is 12.2 Å². The highest BCUT2D eigenvalue weighted by Crippen LogP contribution is 2.52. The van der Waals surface area contributed by atoms with Crippen LogP contribution in [0.15, 0.2) is 18.2 Å². The van der Waals surface area contributed by atoms with Crippen molar-refractivity contribution >= 4 is 22.9 Å². The maximum atomic E-state index is 5.35. The smallest absolute Gasteiger partial charge is 0.118 e. The summed E-state index contributed by atoms with van der Waals surface area (Å²) in [6.07, 6.45) is 0. The second-order valence-electron chi connectivity index (χ2n) is 5.85. The lowest BCUT2D eigenvalue weighted by atomic mass is 9.76. The number of benzene rings is 1. The zero-order valence-corrected chi connectivity index (χ0v) is 11.6. The van der Waals surface area contributed by atoms with E-state index in [9.17, 15) is 0 Å². The zero-order chi connectivity index (χ0) is 12.4. The Morgan fingerprint density at radius 3 is 2.71 bits per heavy atom. The molecule has 0 bridgehead atoms. The van der Waals surface area contributed by atoms with Gasteiger partial charge < -0.3 is 10.2 Å². The average molecular weight is 246 g/mol. The number of aryl methyl sites for hydroxylation is 1. The molecule has 3 heteroatoms. The Labute approximate surface area is 108 Å². The molecule has 2 aliphatic heterocycles. The maximum Gasteiger partial charge on any atom is 0.118 e. The van der Waals surface area contributed by atoms with Crippen molar-refractivity contribution < 1.29 is 0 Å². The van der Waals surface area contributed by atoms with Gasteiger partial charge in [-0.3, -0.25) is 0 Å². The highest BCUT2D eigenvalue weighted by atomic mass is 32.1. The standard InChI is InChI=1S/C14H18N2S/c1-9-5-6-11-10(7-9)13(2,3)14(4)15-12(17)8-16(11)14/h5-7H,8H2,1-4H3,(H,15,17). The van der Waals surface area contributed by atoms with Gasteiger partial charge in [0.25, 0.3) is 0 Å². The van der Waals surface area contributed by atoms with Gasteiger partial charge >= 0.3 is 0 Å². The third kappa shape index (κ3) is 1.18. The molecule has 0 amide bonds. The predicted molar refractivity (Wildman–Crippen MR) is 75.7 cm³/mol. The number of thiocarbonyl (C=S) groups is 1. The molecule has 17 heavy (non-hydrogen) atoms. The Kier molecular flexibility index (Phi) is 1.96. The first-order chi connectivity index (χ1) is 7.86. The molecule has 1 fully saturated rings. The number of hydrogen-bond acceptors (Lipinski definition) is 2. The van der Waals surface area contributed by atoms with E-state index in [1.165, 1.54) is 16.8 Å². The van der Waals surface area contributed by atoms with Crippen LogP contribution in [0.4, 0.5) is 5.69 Å². The van der Waals surface area contributed by atoms with Crippen molar-refractivity contribution in [3.63, 3.8) is 0 Å². The van der Waals surface area contributed by atoms with Crippen LogP contribution in [0, 0.1) is 6.92 Å². The fourth-order valence-corrected chi connectivity index (χ4v) is 3.48. The van der Waals surface area contributed by atoms with Crippen LogP contribution >= 0.6 is 12.2 Å². The van der Waals surface area contributed by atoms with E-state index in [0.717, 1.165) is 11.5 Å². The normalized spacial score (nSPS) is 28.9. The highest BCUT2D eigenvalue weighted by molar-refractivity contribution is 7.80. The lowest BCUT2D eigenvalue weighted by Crippen LogP contribution is -2.57. The number of hydrogen-bond donors (Lipinski definition) is 1. The van der Waals surface area contributed by atoms with Gasteiger partial charge in [0.1, 0.15) is 5.66 Å². The fraction of sp³-hybridized carbons (Fsp3) is 0.500. The van der Waals surface area contributed by atoms with Crippen LogP contribution in [0.2, 0.25) is 0 Å². The second-order valence-corrected chi connectivity index (χ2v) is 6.34. The summed E-state index contributed by atoms with van der Waals surface area (Å²) in [6.45, 7) is 9.84. The molecule has 0 spiro atoms. The predicted octanol–water partition coefficient (Wildman–Crippen LogP) is 2.74. The zero-order valence-electron chi connectivity index (χ0n) is 10.8. The first-order valence-corrected chi connectivity index (χ1v) is 6.47. The molecule has 1 atom stereocenters. The van der Waals surface area contributed by atoms with E-state index < -0.39 is 0 Å². The van der Waals surface area contributed by atoms with Crippen molar-refractivity contribution in [2.24, 2.45) is 0 Å². The third-order valence-electron chi connectivity index (χ3n) is 4.56. The molecule has 90 valence electrons. The maximum absolute atomic E-state index is 5.35. The van der Waals surface area contributed by atoms with Gasteiger partial charge in [-0.2, -0.15) is 0 Å². The third-order valence-corrected chi connectivity index (χ3v) is 4.79. The molecule has 2 nitrogen and oxygen atoms in total. The van der Waals surface area contributed by atoms with Gasteiger partial charge in [-0.05, 0) is 25.5 Å².